The van der Waals surface area contributed by atoms with Crippen LogP contribution in [0.15, 0.2) is 73.4 Å². The first kappa shape index (κ1) is 24.3. The summed E-state index contributed by atoms with van der Waals surface area (Å²) in [5, 5.41) is 14.6. The Kier molecular flexibility index (Phi) is 6.61. The molecule has 0 unspecified atom stereocenters. The van der Waals surface area contributed by atoms with Gasteiger partial charge in [0.25, 0.3) is 0 Å². The number of aliphatic hydroxyl groups excluding tert-OH is 1. The van der Waals surface area contributed by atoms with Crippen molar-refractivity contribution in [2.75, 3.05) is 26.2 Å². The molecule has 7 nitrogen and oxygen atoms in total. The molecule has 0 aliphatic carbocycles. The second kappa shape index (κ2) is 10.4. The highest BCUT2D eigenvalue weighted by Crippen LogP contribution is 2.34. The number of aromatic nitrogens is 5. The quantitative estimate of drug-likeness (QED) is 0.340. The number of benzene rings is 1. The zero-order valence-electron chi connectivity index (χ0n) is 20.6. The lowest BCUT2D eigenvalue weighted by Gasteiger charge is -2.31. The van der Waals surface area contributed by atoms with Crippen molar-refractivity contribution in [3.05, 3.63) is 85.1 Å². The van der Waals surface area contributed by atoms with Crippen molar-refractivity contribution in [3.63, 3.8) is 0 Å². The zero-order valence-corrected chi connectivity index (χ0v) is 20.6. The molecule has 1 saturated heterocycles. The molecule has 1 N–H and O–H groups in total. The van der Waals surface area contributed by atoms with Crippen LogP contribution in [0.4, 0.5) is 8.78 Å². The summed E-state index contributed by atoms with van der Waals surface area (Å²) in [5.74, 6) is -1.09. The van der Waals surface area contributed by atoms with E-state index in [4.69, 9.17) is 0 Å². The Morgan fingerprint density at radius 2 is 1.76 bits per heavy atom. The number of fused-ring (bicyclic) bond motifs is 1. The summed E-state index contributed by atoms with van der Waals surface area (Å²) >= 11 is 0. The van der Waals surface area contributed by atoms with E-state index in [1.54, 1.807) is 24.7 Å². The van der Waals surface area contributed by atoms with Gasteiger partial charge in [-0.25, -0.2) is 18.7 Å². The smallest absolute Gasteiger partial charge is 0.160 e. The van der Waals surface area contributed by atoms with Gasteiger partial charge in [0.1, 0.15) is 11.6 Å². The van der Waals surface area contributed by atoms with Crippen LogP contribution in [0.1, 0.15) is 18.9 Å². The molecule has 5 heterocycles. The average molecular weight is 513 g/mol. The van der Waals surface area contributed by atoms with Crippen LogP contribution in [0.2, 0.25) is 0 Å². The number of rotatable bonds is 6. The third kappa shape index (κ3) is 4.78. The van der Waals surface area contributed by atoms with Crippen molar-refractivity contribution >= 4 is 11.0 Å². The Hall–Kier alpha value is -4.08. The topological polar surface area (TPSA) is 80.0 Å². The molecule has 38 heavy (non-hydrogen) atoms. The minimum absolute atomic E-state index is 0.0780. The van der Waals surface area contributed by atoms with Gasteiger partial charge in [-0.05, 0) is 60.9 Å². The van der Waals surface area contributed by atoms with Crippen LogP contribution in [0.3, 0.4) is 0 Å². The van der Waals surface area contributed by atoms with Gasteiger partial charge < -0.3 is 10.0 Å². The SMILES string of the molecule is OCCN1CCC(n2cc(-c3cncc(-c4cc(-c5cc(F)ccc5F)nc5ncccc45)c3)cn2)CC1. The van der Waals surface area contributed by atoms with Crippen molar-refractivity contribution in [1.29, 1.82) is 0 Å². The fraction of sp³-hybridized carbons (Fsp3) is 0.241. The molecule has 1 aliphatic rings. The van der Waals surface area contributed by atoms with E-state index in [0.29, 0.717) is 23.9 Å². The Bertz CT molecular complexity index is 1600. The maximum absolute atomic E-state index is 14.6. The third-order valence-corrected chi connectivity index (χ3v) is 7.12. The monoisotopic (exact) mass is 512 g/mol. The fourth-order valence-electron chi connectivity index (χ4n) is 5.11. The first-order chi connectivity index (χ1) is 18.6. The Morgan fingerprint density at radius 1 is 0.921 bits per heavy atom. The molecule has 5 aromatic rings. The van der Waals surface area contributed by atoms with Crippen molar-refractivity contribution in [1.82, 2.24) is 29.6 Å². The number of pyridine rings is 3. The van der Waals surface area contributed by atoms with Crippen LogP contribution < -0.4 is 0 Å². The minimum atomic E-state index is -0.554. The van der Waals surface area contributed by atoms with E-state index in [-0.39, 0.29) is 12.2 Å². The van der Waals surface area contributed by atoms with E-state index in [9.17, 15) is 13.9 Å². The normalized spacial score (nSPS) is 14.8. The van der Waals surface area contributed by atoms with E-state index >= 15 is 0 Å². The summed E-state index contributed by atoms with van der Waals surface area (Å²) in [4.78, 5) is 15.7. The maximum Gasteiger partial charge on any atom is 0.160 e. The zero-order chi connectivity index (χ0) is 26.1. The van der Waals surface area contributed by atoms with Gasteiger partial charge in [0.05, 0.1) is 24.5 Å². The van der Waals surface area contributed by atoms with E-state index in [1.807, 2.05) is 35.3 Å². The van der Waals surface area contributed by atoms with Crippen LogP contribution in [0.25, 0.3) is 44.5 Å². The molecule has 1 aliphatic heterocycles. The number of β-amino-alcohol motifs (C(OH)–C–C–N with tert-alkyl or cyclic N) is 1. The number of piperidine rings is 1. The summed E-state index contributed by atoms with van der Waals surface area (Å²) in [6.45, 7) is 2.77. The van der Waals surface area contributed by atoms with Gasteiger partial charge in [-0.15, -0.1) is 0 Å². The number of hydrogen-bond acceptors (Lipinski definition) is 6. The van der Waals surface area contributed by atoms with Crippen molar-refractivity contribution in [2.24, 2.45) is 0 Å². The summed E-state index contributed by atoms with van der Waals surface area (Å²) in [6, 6.07) is 11.2. The lowest BCUT2D eigenvalue weighted by Crippen LogP contribution is -2.36. The van der Waals surface area contributed by atoms with Gasteiger partial charge in [-0.1, -0.05) is 0 Å². The molecule has 192 valence electrons. The molecule has 0 saturated carbocycles. The third-order valence-electron chi connectivity index (χ3n) is 7.12. The molecule has 6 rings (SSSR count). The van der Waals surface area contributed by atoms with Gasteiger partial charge in [0.2, 0.25) is 0 Å². The van der Waals surface area contributed by atoms with Gasteiger partial charge in [-0.3, -0.25) is 9.67 Å². The maximum atomic E-state index is 14.6. The van der Waals surface area contributed by atoms with Crippen molar-refractivity contribution in [2.45, 2.75) is 18.9 Å². The highest BCUT2D eigenvalue weighted by molar-refractivity contribution is 5.95. The number of aliphatic hydroxyl groups is 1. The Labute approximate surface area is 218 Å². The second-order valence-corrected chi connectivity index (χ2v) is 9.52. The second-order valence-electron chi connectivity index (χ2n) is 9.52. The van der Waals surface area contributed by atoms with Crippen LogP contribution in [-0.4, -0.2) is 61.0 Å². The standard InChI is InChI=1S/C29H26F2N6O/c30-22-3-4-27(31)26(13-22)28-14-25(24-2-1-7-33-29(24)35-28)20-12-19(15-32-16-20)21-17-34-37(18-21)23-5-8-36(9-6-23)10-11-38/h1-4,7,12-18,23,38H,5-6,8-11H2. The predicted octanol–water partition coefficient (Wildman–Crippen LogP) is 5.13. The van der Waals surface area contributed by atoms with Crippen LogP contribution >= 0.6 is 0 Å². The molecule has 9 heteroatoms. The molecule has 1 aromatic carbocycles. The fourth-order valence-corrected chi connectivity index (χ4v) is 5.11. The largest absolute Gasteiger partial charge is 0.395 e. The van der Waals surface area contributed by atoms with Gasteiger partial charge in [0, 0.05) is 72.1 Å². The van der Waals surface area contributed by atoms with Gasteiger partial charge in [-0.2, -0.15) is 5.10 Å². The van der Waals surface area contributed by atoms with E-state index in [2.05, 4.69) is 25.0 Å². The lowest BCUT2D eigenvalue weighted by atomic mass is 9.99. The number of halogens is 2. The van der Waals surface area contributed by atoms with Crippen molar-refractivity contribution < 1.29 is 13.9 Å². The summed E-state index contributed by atoms with van der Waals surface area (Å²) in [5.41, 5.74) is 4.26. The molecule has 0 radical (unpaired) electrons. The molecular weight excluding hydrogens is 486 g/mol. The summed E-state index contributed by atoms with van der Waals surface area (Å²) in [6.07, 6.45) is 11.0. The van der Waals surface area contributed by atoms with E-state index in [0.717, 1.165) is 71.8 Å². The number of nitrogens with zero attached hydrogens (tertiary/aromatic N) is 6. The first-order valence-corrected chi connectivity index (χ1v) is 12.6. The summed E-state index contributed by atoms with van der Waals surface area (Å²) in [7, 11) is 0. The minimum Gasteiger partial charge on any atom is -0.395 e. The highest BCUT2D eigenvalue weighted by Gasteiger charge is 2.21. The molecule has 1 fully saturated rings. The van der Waals surface area contributed by atoms with Crippen LogP contribution in [0, 0.1) is 11.6 Å². The number of hydrogen-bond donors (Lipinski definition) is 1. The van der Waals surface area contributed by atoms with Crippen LogP contribution in [0.5, 0.6) is 0 Å². The van der Waals surface area contributed by atoms with E-state index in [1.165, 1.54) is 0 Å². The molecule has 0 spiro atoms. The van der Waals surface area contributed by atoms with E-state index < -0.39 is 11.6 Å². The summed E-state index contributed by atoms with van der Waals surface area (Å²) < 4.78 is 30.6. The molecule has 4 aromatic heterocycles. The first-order valence-electron chi connectivity index (χ1n) is 12.6. The van der Waals surface area contributed by atoms with Gasteiger partial charge >= 0.3 is 0 Å². The molecule has 0 bridgehead atoms. The molecule has 0 amide bonds. The number of likely N-dealkylation sites (tertiary alicyclic amines) is 1. The van der Waals surface area contributed by atoms with Crippen molar-refractivity contribution in [3.8, 4) is 33.5 Å². The molecule has 0 atom stereocenters. The highest BCUT2D eigenvalue weighted by atomic mass is 19.1. The molecular formula is C29H26F2N6O. The Morgan fingerprint density at radius 3 is 2.61 bits per heavy atom. The van der Waals surface area contributed by atoms with Crippen LogP contribution in [-0.2, 0) is 0 Å². The van der Waals surface area contributed by atoms with Gasteiger partial charge in [0.15, 0.2) is 5.65 Å². The Balaban J connectivity index is 1.35. The predicted molar refractivity (Wildman–Crippen MR) is 141 cm³/mol. The average Bonchev–Trinajstić information content (AvgIpc) is 3.45. The lowest BCUT2D eigenvalue weighted by molar-refractivity contribution is 0.146.